The van der Waals surface area contributed by atoms with Crippen molar-refractivity contribution in [1.29, 1.82) is 0 Å². The second-order valence-electron chi connectivity index (χ2n) is 6.96. The molecule has 4 nitrogen and oxygen atoms in total. The molecule has 0 aromatic carbocycles. The van der Waals surface area contributed by atoms with Crippen molar-refractivity contribution in [2.75, 3.05) is 26.8 Å². The average Bonchev–Trinajstić information content (AvgIpc) is 3.25. The fourth-order valence-corrected chi connectivity index (χ4v) is 3.45. The lowest BCUT2D eigenvalue weighted by Crippen LogP contribution is -2.40. The van der Waals surface area contributed by atoms with E-state index in [4.69, 9.17) is 10.5 Å². The van der Waals surface area contributed by atoms with E-state index in [0.29, 0.717) is 18.4 Å². The summed E-state index contributed by atoms with van der Waals surface area (Å²) in [5.41, 5.74) is 6.35. The SMILES string of the molecule is COCCC1(CNC(=O)CC2(CN)CCCCC2)CC1. The van der Waals surface area contributed by atoms with E-state index in [1.54, 1.807) is 7.11 Å². The molecule has 0 spiro atoms. The number of carbonyl (C=O) groups excluding carboxylic acids is 1. The molecule has 2 rings (SSSR count). The van der Waals surface area contributed by atoms with E-state index in [9.17, 15) is 4.79 Å². The fourth-order valence-electron chi connectivity index (χ4n) is 3.45. The molecule has 3 N–H and O–H groups in total. The largest absolute Gasteiger partial charge is 0.385 e. The molecular weight excluding hydrogens is 252 g/mol. The van der Waals surface area contributed by atoms with E-state index in [2.05, 4.69) is 5.32 Å². The lowest BCUT2D eigenvalue weighted by atomic mass is 9.71. The second kappa shape index (κ2) is 6.90. The molecule has 2 saturated carbocycles. The van der Waals surface area contributed by atoms with Gasteiger partial charge >= 0.3 is 0 Å². The van der Waals surface area contributed by atoms with Crippen LogP contribution in [0, 0.1) is 10.8 Å². The minimum Gasteiger partial charge on any atom is -0.385 e. The van der Waals surface area contributed by atoms with Crippen LogP contribution >= 0.6 is 0 Å². The number of hydrogen-bond donors (Lipinski definition) is 2. The van der Waals surface area contributed by atoms with Crippen LogP contribution < -0.4 is 11.1 Å². The Morgan fingerprint density at radius 3 is 2.40 bits per heavy atom. The molecule has 2 aliphatic carbocycles. The first-order chi connectivity index (χ1) is 9.64. The van der Waals surface area contributed by atoms with Gasteiger partial charge in [-0.3, -0.25) is 4.79 Å². The van der Waals surface area contributed by atoms with Gasteiger partial charge in [-0.25, -0.2) is 0 Å². The zero-order valence-electron chi connectivity index (χ0n) is 12.9. The lowest BCUT2D eigenvalue weighted by molar-refractivity contribution is -0.124. The molecule has 0 aromatic heterocycles. The van der Waals surface area contributed by atoms with Gasteiger partial charge < -0.3 is 15.8 Å². The van der Waals surface area contributed by atoms with E-state index >= 15 is 0 Å². The molecule has 116 valence electrons. The number of nitrogens with one attached hydrogen (secondary N) is 1. The van der Waals surface area contributed by atoms with Crippen molar-refractivity contribution in [3.8, 4) is 0 Å². The summed E-state index contributed by atoms with van der Waals surface area (Å²) in [6, 6.07) is 0. The third kappa shape index (κ3) is 4.19. The summed E-state index contributed by atoms with van der Waals surface area (Å²) in [5.74, 6) is 0.195. The molecule has 0 aliphatic heterocycles. The molecule has 2 fully saturated rings. The summed E-state index contributed by atoms with van der Waals surface area (Å²) < 4.78 is 5.15. The zero-order chi connectivity index (χ0) is 14.5. The fraction of sp³-hybridized carbons (Fsp3) is 0.938. The van der Waals surface area contributed by atoms with Crippen molar-refractivity contribution in [2.45, 2.75) is 57.8 Å². The topological polar surface area (TPSA) is 64.3 Å². The quantitative estimate of drug-likeness (QED) is 0.717. The number of carbonyl (C=O) groups is 1. The monoisotopic (exact) mass is 282 g/mol. The van der Waals surface area contributed by atoms with Gasteiger partial charge in [-0.1, -0.05) is 19.3 Å². The van der Waals surface area contributed by atoms with Crippen LogP contribution in [0.3, 0.4) is 0 Å². The lowest BCUT2D eigenvalue weighted by Gasteiger charge is -2.35. The molecule has 0 bridgehead atoms. The van der Waals surface area contributed by atoms with Crippen molar-refractivity contribution < 1.29 is 9.53 Å². The smallest absolute Gasteiger partial charge is 0.220 e. The number of hydrogen-bond acceptors (Lipinski definition) is 3. The summed E-state index contributed by atoms with van der Waals surface area (Å²) in [4.78, 5) is 12.2. The minimum atomic E-state index is 0.0750. The van der Waals surface area contributed by atoms with Gasteiger partial charge in [-0.2, -0.15) is 0 Å². The first-order valence-electron chi connectivity index (χ1n) is 8.09. The molecule has 1 amide bonds. The van der Waals surface area contributed by atoms with Gasteiger partial charge in [0.1, 0.15) is 0 Å². The van der Waals surface area contributed by atoms with Gasteiger partial charge in [0.25, 0.3) is 0 Å². The predicted molar refractivity (Wildman–Crippen MR) is 80.4 cm³/mol. The Kier molecular flexibility index (Phi) is 5.44. The predicted octanol–water partition coefficient (Wildman–Crippen LogP) is 2.22. The van der Waals surface area contributed by atoms with Crippen molar-refractivity contribution in [1.82, 2.24) is 5.32 Å². The number of rotatable bonds is 8. The molecule has 2 aliphatic rings. The number of nitrogens with two attached hydrogens (primary N) is 1. The minimum absolute atomic E-state index is 0.0750. The zero-order valence-corrected chi connectivity index (χ0v) is 12.9. The summed E-state index contributed by atoms with van der Waals surface area (Å²) in [7, 11) is 1.74. The third-order valence-electron chi connectivity index (χ3n) is 5.34. The van der Waals surface area contributed by atoms with Crippen LogP contribution in [0.5, 0.6) is 0 Å². The molecule has 0 atom stereocenters. The Labute approximate surface area is 122 Å². The maximum Gasteiger partial charge on any atom is 0.220 e. The normalized spacial score (nSPS) is 23.3. The summed E-state index contributed by atoms with van der Waals surface area (Å²) >= 11 is 0. The van der Waals surface area contributed by atoms with Crippen molar-refractivity contribution in [3.05, 3.63) is 0 Å². The van der Waals surface area contributed by atoms with Gasteiger partial charge in [0, 0.05) is 26.7 Å². The Morgan fingerprint density at radius 1 is 1.15 bits per heavy atom. The molecule has 4 heteroatoms. The highest BCUT2D eigenvalue weighted by atomic mass is 16.5. The van der Waals surface area contributed by atoms with Crippen LogP contribution in [0.1, 0.15) is 57.8 Å². The van der Waals surface area contributed by atoms with Gasteiger partial charge in [0.15, 0.2) is 0 Å². The molecule has 0 unspecified atom stereocenters. The van der Waals surface area contributed by atoms with Gasteiger partial charge in [-0.05, 0) is 49.5 Å². The third-order valence-corrected chi connectivity index (χ3v) is 5.34. The molecular formula is C16H30N2O2. The average molecular weight is 282 g/mol. The first kappa shape index (κ1) is 15.8. The van der Waals surface area contributed by atoms with Gasteiger partial charge in [0.2, 0.25) is 5.91 Å². The maximum atomic E-state index is 12.2. The highest BCUT2D eigenvalue weighted by Gasteiger charge is 2.42. The molecule has 20 heavy (non-hydrogen) atoms. The Balaban J connectivity index is 1.74. The molecule has 0 radical (unpaired) electrons. The summed E-state index contributed by atoms with van der Waals surface area (Å²) in [6.07, 6.45) is 10.1. The first-order valence-corrected chi connectivity index (χ1v) is 8.09. The van der Waals surface area contributed by atoms with E-state index < -0.39 is 0 Å². The highest BCUT2D eigenvalue weighted by molar-refractivity contribution is 5.76. The van der Waals surface area contributed by atoms with Crippen LogP contribution in [0.25, 0.3) is 0 Å². The van der Waals surface area contributed by atoms with Crippen molar-refractivity contribution >= 4 is 5.91 Å². The van der Waals surface area contributed by atoms with Crippen LogP contribution in [-0.2, 0) is 9.53 Å². The van der Waals surface area contributed by atoms with Crippen LogP contribution in [0.15, 0.2) is 0 Å². The molecule has 0 heterocycles. The Morgan fingerprint density at radius 2 is 1.85 bits per heavy atom. The number of methoxy groups -OCH3 is 1. The molecule has 0 saturated heterocycles. The standard InChI is InChI=1S/C16H30N2O2/c1-20-10-9-15(7-8-15)13-18-14(19)11-16(12-17)5-3-2-4-6-16/h2-13,17H2,1H3,(H,18,19). The van der Waals surface area contributed by atoms with E-state index in [1.165, 1.54) is 32.1 Å². The second-order valence-corrected chi connectivity index (χ2v) is 6.96. The molecule has 0 aromatic rings. The van der Waals surface area contributed by atoms with E-state index in [0.717, 1.165) is 32.4 Å². The van der Waals surface area contributed by atoms with Crippen LogP contribution in [0.4, 0.5) is 0 Å². The highest BCUT2D eigenvalue weighted by Crippen LogP contribution is 2.48. The Hall–Kier alpha value is -0.610. The maximum absolute atomic E-state index is 12.2. The van der Waals surface area contributed by atoms with E-state index in [-0.39, 0.29) is 11.3 Å². The Bertz CT molecular complexity index is 320. The van der Waals surface area contributed by atoms with Crippen molar-refractivity contribution in [3.63, 3.8) is 0 Å². The van der Waals surface area contributed by atoms with Crippen molar-refractivity contribution in [2.24, 2.45) is 16.6 Å². The van der Waals surface area contributed by atoms with Crippen LogP contribution in [-0.4, -0.2) is 32.7 Å². The summed E-state index contributed by atoms with van der Waals surface area (Å²) in [6.45, 7) is 2.26. The summed E-state index contributed by atoms with van der Waals surface area (Å²) in [5, 5.41) is 3.15. The number of amides is 1. The van der Waals surface area contributed by atoms with Gasteiger partial charge in [-0.15, -0.1) is 0 Å². The van der Waals surface area contributed by atoms with Crippen LogP contribution in [0.2, 0.25) is 0 Å². The van der Waals surface area contributed by atoms with E-state index in [1.807, 2.05) is 0 Å². The number of ether oxygens (including phenoxy) is 1. The van der Waals surface area contributed by atoms with Gasteiger partial charge in [0.05, 0.1) is 0 Å².